The average Bonchev–Trinajstić information content (AvgIpc) is 3.95. The molecule has 0 aliphatic heterocycles. The highest BCUT2D eigenvalue weighted by Gasteiger charge is 2.16. The van der Waals surface area contributed by atoms with Crippen LogP contribution in [0.3, 0.4) is 0 Å². The molecular formula is C60H37N5O8S. The summed E-state index contributed by atoms with van der Waals surface area (Å²) in [5.41, 5.74) is 8.51. The smallest absolute Gasteiger partial charge is 0.333 e. The third-order valence-electron chi connectivity index (χ3n) is 11.1. The van der Waals surface area contributed by atoms with E-state index in [1.165, 1.54) is 24.3 Å². The van der Waals surface area contributed by atoms with Gasteiger partial charge >= 0.3 is 23.9 Å². The van der Waals surface area contributed by atoms with Crippen LogP contribution in [-0.4, -0.2) is 44.3 Å². The summed E-state index contributed by atoms with van der Waals surface area (Å²) in [4.78, 5) is 60.6. The van der Waals surface area contributed by atoms with Gasteiger partial charge in [-0.15, -0.1) is 11.3 Å². The minimum Gasteiger partial charge on any atom is -0.486 e. The molecule has 0 amide bonds. The molecule has 0 fully saturated rings. The summed E-state index contributed by atoms with van der Waals surface area (Å²) < 4.78 is 0. The number of carbonyl (C=O) groups is 4. The Morgan fingerprint density at radius 1 is 0.365 bits per heavy atom. The van der Waals surface area contributed by atoms with Crippen molar-refractivity contribution in [2.45, 2.75) is 0 Å². The molecular weight excluding hydrogens is 951 g/mol. The number of benzene rings is 6. The molecule has 356 valence electrons. The number of carboxylic acids is 4. The van der Waals surface area contributed by atoms with Crippen molar-refractivity contribution in [3.8, 4) is 0 Å². The van der Waals surface area contributed by atoms with Crippen LogP contribution < -0.4 is 4.90 Å². The quantitative estimate of drug-likeness (QED) is 0.0394. The molecule has 7 rings (SSSR count). The van der Waals surface area contributed by atoms with Crippen LogP contribution in [0.4, 0.5) is 16.4 Å². The average molecular weight is 988 g/mol. The van der Waals surface area contributed by atoms with E-state index in [1.54, 1.807) is 59.9 Å². The SMILES string of the molecule is [C-]#[N+]/C(=C\c1ccc(C(=Cc2ccc(N(c3ccc(C=C(c4ccc(/C=C(\[N+]#[C-])C(=O)O)cc4)c4ccc(/C=C(\[N+]#[C-])C(=O)O)cc4)cc3)c3cccs3)cc2)c2ccc(/C=C(\[N+]#[C-])C(=O)O)cc2)cc1)C(=O)O. The van der Waals surface area contributed by atoms with E-state index in [9.17, 15) is 39.6 Å². The van der Waals surface area contributed by atoms with Gasteiger partial charge in [0.1, 0.15) is 0 Å². The molecule has 0 unspecified atom stereocenters. The molecule has 0 spiro atoms. The molecule has 1 aromatic heterocycles. The monoisotopic (exact) mass is 987 g/mol. The molecule has 14 heteroatoms. The Morgan fingerprint density at radius 3 is 0.824 bits per heavy atom. The molecule has 0 saturated carbocycles. The van der Waals surface area contributed by atoms with Crippen molar-refractivity contribution >= 4 is 99.2 Å². The van der Waals surface area contributed by atoms with E-state index < -0.39 is 46.7 Å². The van der Waals surface area contributed by atoms with Crippen LogP contribution in [-0.2, 0) is 19.2 Å². The van der Waals surface area contributed by atoms with Crippen LogP contribution in [0.2, 0.25) is 0 Å². The first-order valence-corrected chi connectivity index (χ1v) is 22.8. The third-order valence-corrected chi connectivity index (χ3v) is 12.0. The third kappa shape index (κ3) is 12.6. The second kappa shape index (κ2) is 23.6. The summed E-state index contributed by atoms with van der Waals surface area (Å²) >= 11 is 1.56. The molecule has 0 saturated heterocycles. The summed E-state index contributed by atoms with van der Waals surface area (Å²) in [5, 5.41) is 40.5. The molecule has 74 heavy (non-hydrogen) atoms. The number of thiophene rings is 1. The van der Waals surface area contributed by atoms with E-state index in [-0.39, 0.29) is 0 Å². The molecule has 1 heterocycles. The maximum atomic E-state index is 11.5. The Balaban J connectivity index is 1.24. The molecule has 6 aromatic carbocycles. The van der Waals surface area contributed by atoms with Gasteiger partial charge in [0.25, 0.3) is 22.8 Å². The summed E-state index contributed by atoms with van der Waals surface area (Å²) in [5.74, 6) is -5.32. The molecule has 0 aliphatic carbocycles. The number of hydrogen-bond donors (Lipinski definition) is 4. The second-order valence-electron chi connectivity index (χ2n) is 15.9. The highest BCUT2D eigenvalue weighted by atomic mass is 32.1. The van der Waals surface area contributed by atoms with Gasteiger partial charge in [-0.05, 0) is 145 Å². The highest BCUT2D eigenvalue weighted by molar-refractivity contribution is 7.14. The van der Waals surface area contributed by atoms with E-state index in [4.69, 9.17) is 26.3 Å². The molecule has 13 nitrogen and oxygen atoms in total. The summed E-state index contributed by atoms with van der Waals surface area (Å²) in [6, 6.07) is 48.2. The molecule has 0 bridgehead atoms. The number of rotatable bonds is 17. The summed E-state index contributed by atoms with van der Waals surface area (Å²) in [6.45, 7) is 28.9. The number of hydrogen-bond acceptors (Lipinski definition) is 6. The fourth-order valence-electron chi connectivity index (χ4n) is 7.47. The maximum Gasteiger partial charge on any atom is 0.333 e. The molecule has 0 radical (unpaired) electrons. The van der Waals surface area contributed by atoms with Gasteiger partial charge in [0.05, 0.1) is 31.3 Å². The van der Waals surface area contributed by atoms with Crippen LogP contribution >= 0.6 is 11.3 Å². The Kier molecular flexibility index (Phi) is 16.3. The first-order valence-electron chi connectivity index (χ1n) is 22.0. The van der Waals surface area contributed by atoms with Gasteiger partial charge in [-0.1, -0.05) is 121 Å². The molecule has 7 aromatic rings. The van der Waals surface area contributed by atoms with E-state index in [0.717, 1.165) is 60.9 Å². The minimum atomic E-state index is -1.33. The molecule has 0 aliphatic rings. The lowest BCUT2D eigenvalue weighted by Gasteiger charge is -2.24. The van der Waals surface area contributed by atoms with Gasteiger partial charge in [0.2, 0.25) is 0 Å². The van der Waals surface area contributed by atoms with E-state index in [0.29, 0.717) is 22.3 Å². The van der Waals surface area contributed by atoms with Crippen molar-refractivity contribution in [3.05, 3.63) is 287 Å². The number of carboxylic acid groups (broad SMARTS) is 4. The van der Waals surface area contributed by atoms with Gasteiger partial charge in [-0.3, -0.25) is 19.2 Å². The largest absolute Gasteiger partial charge is 0.486 e. The first-order chi connectivity index (χ1) is 35.8. The van der Waals surface area contributed by atoms with Crippen LogP contribution in [0.15, 0.2) is 186 Å². The van der Waals surface area contributed by atoms with Crippen LogP contribution in [0.25, 0.3) is 67.0 Å². The fraction of sp³-hybridized carbons (Fsp3) is 0. The van der Waals surface area contributed by atoms with Crippen LogP contribution in [0.1, 0.15) is 55.6 Å². The van der Waals surface area contributed by atoms with Crippen molar-refractivity contribution in [1.29, 1.82) is 0 Å². The summed E-state index contributed by atoms with van der Waals surface area (Å²) in [7, 11) is 0. The Hall–Kier alpha value is -10.9. The van der Waals surface area contributed by atoms with E-state index in [1.807, 2.05) is 127 Å². The van der Waals surface area contributed by atoms with Crippen molar-refractivity contribution < 1.29 is 39.6 Å². The Morgan fingerprint density at radius 2 is 0.608 bits per heavy atom. The molecule has 0 atom stereocenters. The minimum absolute atomic E-state index is 0.422. The standard InChI is InChI=1S/C60H37N5O8S/c1-61-52(57(66)67)34-40-7-19-44(20-8-40)50(45-21-9-41(10-22-45)35-53(62-2)58(68)69)32-38-15-27-48(28-16-38)65(56-6-5-31-74-56)49-29-17-39(18-30-49)33-51(46-23-11-42(12-24-46)36-54(63-3)59(70)71)47-25-13-43(14-26-47)37-55(64-4)60(72)73/h5-37H,(H,66,67)(H,68,69)(H,70,71)(H,72,73)/b52-34-,53-35-,54-36-,55-37-. The van der Waals surface area contributed by atoms with Gasteiger partial charge in [0, 0.05) is 11.4 Å². The zero-order valence-electron chi connectivity index (χ0n) is 38.6. The fourth-order valence-corrected chi connectivity index (χ4v) is 8.24. The van der Waals surface area contributed by atoms with Crippen LogP contribution in [0, 0.1) is 26.3 Å². The Labute approximate surface area is 429 Å². The lowest BCUT2D eigenvalue weighted by atomic mass is 9.94. The van der Waals surface area contributed by atoms with Crippen molar-refractivity contribution in [2.24, 2.45) is 0 Å². The summed E-state index contributed by atoms with van der Waals surface area (Å²) in [6.07, 6.45) is 9.16. The predicted octanol–water partition coefficient (Wildman–Crippen LogP) is 13.8. The van der Waals surface area contributed by atoms with E-state index >= 15 is 0 Å². The zero-order chi connectivity index (χ0) is 52.7. The van der Waals surface area contributed by atoms with Gasteiger partial charge in [-0.2, -0.15) is 0 Å². The van der Waals surface area contributed by atoms with Gasteiger partial charge in [-0.25, -0.2) is 19.4 Å². The van der Waals surface area contributed by atoms with Gasteiger partial charge in [0.15, 0.2) is 0 Å². The second-order valence-corrected chi connectivity index (χ2v) is 16.8. The first kappa shape index (κ1) is 51.0. The predicted molar refractivity (Wildman–Crippen MR) is 288 cm³/mol. The highest BCUT2D eigenvalue weighted by Crippen LogP contribution is 2.39. The maximum absolute atomic E-state index is 11.5. The van der Waals surface area contributed by atoms with Gasteiger partial charge < -0.3 is 25.3 Å². The lowest BCUT2D eigenvalue weighted by Crippen LogP contribution is -2.08. The topological polar surface area (TPSA) is 170 Å². The number of aliphatic carboxylic acids is 4. The number of nitrogens with zero attached hydrogens (tertiary/aromatic N) is 5. The van der Waals surface area contributed by atoms with Crippen molar-refractivity contribution in [3.63, 3.8) is 0 Å². The normalized spacial score (nSPS) is 11.4. The van der Waals surface area contributed by atoms with Crippen LogP contribution in [0.5, 0.6) is 0 Å². The van der Waals surface area contributed by atoms with E-state index in [2.05, 4.69) is 24.3 Å². The molecule has 4 N–H and O–H groups in total. The lowest BCUT2D eigenvalue weighted by molar-refractivity contribution is -0.133. The number of anilines is 3. The Bertz CT molecular complexity index is 3250. The van der Waals surface area contributed by atoms with Crippen molar-refractivity contribution in [1.82, 2.24) is 0 Å². The zero-order valence-corrected chi connectivity index (χ0v) is 39.4. The van der Waals surface area contributed by atoms with Crippen molar-refractivity contribution in [2.75, 3.05) is 4.90 Å².